The van der Waals surface area contributed by atoms with Crippen molar-refractivity contribution in [1.82, 2.24) is 9.62 Å². The molecule has 2 aromatic rings. The molecule has 2 aromatic carbocycles. The number of carbonyl (C=O) groups excluding carboxylic acids is 2. The number of anilines is 1. The molecule has 0 bridgehead atoms. The summed E-state index contributed by atoms with van der Waals surface area (Å²) >= 11 is 0. The maximum absolute atomic E-state index is 12.9. The summed E-state index contributed by atoms with van der Waals surface area (Å²) in [6.45, 7) is 4.46. The molecule has 2 atom stereocenters. The summed E-state index contributed by atoms with van der Waals surface area (Å²) in [5.41, 5.74) is 1.44. The van der Waals surface area contributed by atoms with Crippen molar-refractivity contribution in [3.8, 4) is 5.75 Å². The zero-order chi connectivity index (χ0) is 23.5. The number of nitrogens with one attached hydrogen (secondary N) is 1. The molecule has 32 heavy (non-hydrogen) atoms. The average Bonchev–Trinajstić information content (AvgIpc) is 3.16. The predicted molar refractivity (Wildman–Crippen MR) is 122 cm³/mol. The van der Waals surface area contributed by atoms with Gasteiger partial charge in [0.05, 0.1) is 29.1 Å². The minimum Gasteiger partial charge on any atom is -0.492 e. The van der Waals surface area contributed by atoms with E-state index in [4.69, 9.17) is 4.74 Å². The first kappa shape index (κ1) is 23.7. The largest absolute Gasteiger partial charge is 0.492 e. The lowest BCUT2D eigenvalue weighted by molar-refractivity contribution is -0.126. The molecule has 1 fully saturated rings. The summed E-state index contributed by atoms with van der Waals surface area (Å²) in [5.74, 6) is -0.200. The molecule has 0 saturated carbocycles. The minimum atomic E-state index is -3.51. The number of benzene rings is 2. The molecule has 1 N–H and O–H groups in total. The van der Waals surface area contributed by atoms with Crippen LogP contribution in [0.25, 0.3) is 0 Å². The van der Waals surface area contributed by atoms with Crippen LogP contribution in [0.3, 0.4) is 0 Å². The lowest BCUT2D eigenvalue weighted by atomic mass is 10.1. The Labute approximate surface area is 189 Å². The maximum Gasteiger partial charge on any atom is 0.242 e. The van der Waals surface area contributed by atoms with Crippen molar-refractivity contribution in [2.24, 2.45) is 5.92 Å². The van der Waals surface area contributed by atoms with E-state index in [1.54, 1.807) is 17.0 Å². The molecule has 9 heteroatoms. The molecule has 0 radical (unpaired) electrons. The zero-order valence-electron chi connectivity index (χ0n) is 18.7. The summed E-state index contributed by atoms with van der Waals surface area (Å²) in [4.78, 5) is 27.3. The fourth-order valence-electron chi connectivity index (χ4n) is 3.63. The van der Waals surface area contributed by atoms with E-state index in [9.17, 15) is 18.0 Å². The zero-order valence-corrected chi connectivity index (χ0v) is 19.6. The van der Waals surface area contributed by atoms with E-state index in [1.165, 1.54) is 26.2 Å². The van der Waals surface area contributed by atoms with Crippen molar-refractivity contribution in [3.05, 3.63) is 54.1 Å². The molecular formula is C23H29N3O5S. The Morgan fingerprint density at radius 1 is 1.19 bits per heavy atom. The van der Waals surface area contributed by atoms with Gasteiger partial charge in [0, 0.05) is 27.1 Å². The van der Waals surface area contributed by atoms with Crippen LogP contribution >= 0.6 is 0 Å². The highest BCUT2D eigenvalue weighted by Crippen LogP contribution is 2.33. The van der Waals surface area contributed by atoms with Crippen LogP contribution in [0.15, 0.2) is 53.4 Å². The SMILES string of the molecule is CCOc1ccccc1N1CC(C(=O)NC(C)c2ccc(S(=O)(=O)N(C)C)cc2)CC1=O. The molecule has 172 valence electrons. The van der Waals surface area contributed by atoms with Gasteiger partial charge in [0.1, 0.15) is 5.75 Å². The number of hydrogen-bond acceptors (Lipinski definition) is 5. The van der Waals surface area contributed by atoms with Crippen molar-refractivity contribution in [2.45, 2.75) is 31.2 Å². The second-order valence-electron chi connectivity index (χ2n) is 7.89. The van der Waals surface area contributed by atoms with Crippen LogP contribution in [0.4, 0.5) is 5.69 Å². The Bertz CT molecular complexity index is 1080. The maximum atomic E-state index is 12.9. The normalized spacial score (nSPS) is 17.5. The first-order valence-electron chi connectivity index (χ1n) is 10.5. The summed E-state index contributed by atoms with van der Waals surface area (Å²) in [5, 5.41) is 2.94. The smallest absolute Gasteiger partial charge is 0.242 e. The van der Waals surface area contributed by atoms with Gasteiger partial charge < -0.3 is 15.0 Å². The summed E-state index contributed by atoms with van der Waals surface area (Å²) < 4.78 is 31.2. The highest BCUT2D eigenvalue weighted by Gasteiger charge is 2.36. The third-order valence-corrected chi connectivity index (χ3v) is 7.30. The van der Waals surface area contributed by atoms with Crippen LogP contribution in [-0.2, 0) is 19.6 Å². The third-order valence-electron chi connectivity index (χ3n) is 5.47. The van der Waals surface area contributed by atoms with E-state index in [-0.39, 0.29) is 35.7 Å². The molecule has 1 aliphatic rings. The van der Waals surface area contributed by atoms with Gasteiger partial charge in [-0.1, -0.05) is 24.3 Å². The number of para-hydroxylation sites is 2. The lowest BCUT2D eigenvalue weighted by Gasteiger charge is -2.21. The van der Waals surface area contributed by atoms with Crippen molar-refractivity contribution in [3.63, 3.8) is 0 Å². The van der Waals surface area contributed by atoms with Crippen LogP contribution in [0, 0.1) is 5.92 Å². The first-order valence-corrected chi connectivity index (χ1v) is 11.9. The van der Waals surface area contributed by atoms with E-state index in [2.05, 4.69) is 5.32 Å². The van der Waals surface area contributed by atoms with E-state index < -0.39 is 15.9 Å². The van der Waals surface area contributed by atoms with Crippen LogP contribution < -0.4 is 15.0 Å². The Kier molecular flexibility index (Phi) is 7.20. The molecular weight excluding hydrogens is 430 g/mol. The Balaban J connectivity index is 1.67. The van der Waals surface area contributed by atoms with E-state index in [0.717, 1.165) is 9.87 Å². The molecule has 8 nitrogen and oxygen atoms in total. The number of rotatable bonds is 8. The van der Waals surface area contributed by atoms with Gasteiger partial charge in [0.2, 0.25) is 21.8 Å². The number of sulfonamides is 1. The highest BCUT2D eigenvalue weighted by molar-refractivity contribution is 7.89. The van der Waals surface area contributed by atoms with Gasteiger partial charge in [-0.3, -0.25) is 9.59 Å². The second kappa shape index (κ2) is 9.70. The molecule has 3 rings (SSSR count). The van der Waals surface area contributed by atoms with Crippen LogP contribution in [-0.4, -0.2) is 51.8 Å². The van der Waals surface area contributed by atoms with Gasteiger partial charge in [0.25, 0.3) is 0 Å². The molecule has 1 saturated heterocycles. The van der Waals surface area contributed by atoms with Crippen LogP contribution in [0.1, 0.15) is 31.9 Å². The predicted octanol–water partition coefficient (Wildman–Crippen LogP) is 2.57. The van der Waals surface area contributed by atoms with Gasteiger partial charge in [-0.25, -0.2) is 12.7 Å². The fraction of sp³-hybridized carbons (Fsp3) is 0.391. The average molecular weight is 460 g/mol. The van der Waals surface area contributed by atoms with E-state index >= 15 is 0 Å². The topological polar surface area (TPSA) is 96.0 Å². The molecule has 1 aliphatic heterocycles. The van der Waals surface area contributed by atoms with Gasteiger partial charge >= 0.3 is 0 Å². The first-order chi connectivity index (χ1) is 15.1. The Hall–Kier alpha value is -2.91. The Morgan fingerprint density at radius 2 is 1.84 bits per heavy atom. The molecule has 1 heterocycles. The molecule has 0 aromatic heterocycles. The summed E-state index contributed by atoms with van der Waals surface area (Å²) in [6, 6.07) is 13.4. The van der Waals surface area contributed by atoms with Crippen molar-refractivity contribution >= 4 is 27.5 Å². The van der Waals surface area contributed by atoms with Gasteiger partial charge in [-0.2, -0.15) is 0 Å². The monoisotopic (exact) mass is 459 g/mol. The highest BCUT2D eigenvalue weighted by atomic mass is 32.2. The summed E-state index contributed by atoms with van der Waals surface area (Å²) in [7, 11) is -0.555. The number of ether oxygens (including phenoxy) is 1. The second-order valence-corrected chi connectivity index (χ2v) is 10.0. The van der Waals surface area contributed by atoms with Crippen molar-refractivity contribution < 1.29 is 22.7 Å². The summed E-state index contributed by atoms with van der Waals surface area (Å²) in [6.07, 6.45) is 0.124. The molecule has 0 aliphatic carbocycles. The number of hydrogen-bond donors (Lipinski definition) is 1. The minimum absolute atomic E-state index is 0.122. The van der Waals surface area contributed by atoms with Crippen molar-refractivity contribution in [1.29, 1.82) is 0 Å². The van der Waals surface area contributed by atoms with Gasteiger partial charge in [-0.05, 0) is 43.7 Å². The quantitative estimate of drug-likeness (QED) is 0.655. The number of carbonyl (C=O) groups is 2. The van der Waals surface area contributed by atoms with E-state index in [0.29, 0.717) is 18.0 Å². The standard InChI is InChI=1S/C23H29N3O5S/c1-5-31-21-9-7-6-8-20(21)26-15-18(14-22(26)27)23(28)24-16(2)17-10-12-19(13-11-17)32(29,30)25(3)4/h6-13,16,18H,5,14-15H2,1-4H3,(H,24,28). The molecule has 0 spiro atoms. The Morgan fingerprint density at radius 3 is 2.47 bits per heavy atom. The molecule has 2 amide bonds. The third kappa shape index (κ3) is 4.94. The van der Waals surface area contributed by atoms with Crippen LogP contribution in [0.5, 0.6) is 5.75 Å². The number of nitrogens with zero attached hydrogens (tertiary/aromatic N) is 2. The van der Waals surface area contributed by atoms with E-state index in [1.807, 2.05) is 38.1 Å². The van der Waals surface area contributed by atoms with Crippen LogP contribution in [0.2, 0.25) is 0 Å². The molecule has 2 unspecified atom stereocenters. The fourth-order valence-corrected chi connectivity index (χ4v) is 4.53. The number of amides is 2. The van der Waals surface area contributed by atoms with Gasteiger partial charge in [0.15, 0.2) is 0 Å². The lowest BCUT2D eigenvalue weighted by Crippen LogP contribution is -2.34. The van der Waals surface area contributed by atoms with Crippen molar-refractivity contribution in [2.75, 3.05) is 32.1 Å². The van der Waals surface area contributed by atoms with Gasteiger partial charge in [-0.15, -0.1) is 0 Å².